The zero-order valence-electron chi connectivity index (χ0n) is 11.8. The number of nitrogens with zero attached hydrogens (tertiary/aromatic N) is 3. The van der Waals surface area contributed by atoms with E-state index in [-0.39, 0.29) is 12.0 Å². The van der Waals surface area contributed by atoms with Crippen molar-refractivity contribution in [2.75, 3.05) is 26.2 Å². The Hall–Kier alpha value is -0.980. The third kappa shape index (κ3) is 2.73. The number of carbonyl (C=O) groups is 1. The summed E-state index contributed by atoms with van der Waals surface area (Å²) >= 11 is 1.52. The summed E-state index contributed by atoms with van der Waals surface area (Å²) in [5.41, 5.74) is 0.571. The first-order valence-electron chi connectivity index (χ1n) is 7.28. The van der Waals surface area contributed by atoms with Crippen molar-refractivity contribution < 1.29 is 9.90 Å². The zero-order valence-corrected chi connectivity index (χ0v) is 12.6. The lowest BCUT2D eigenvalue weighted by atomic mass is 10.1. The number of hydrogen-bond donors (Lipinski definition) is 1. The van der Waals surface area contributed by atoms with Crippen molar-refractivity contribution in [3.05, 3.63) is 16.1 Å². The minimum Gasteiger partial charge on any atom is -0.391 e. The molecule has 2 heterocycles. The van der Waals surface area contributed by atoms with Gasteiger partial charge in [0.1, 0.15) is 5.69 Å². The Bertz CT molecular complexity index is 483. The van der Waals surface area contributed by atoms with Gasteiger partial charge in [0.15, 0.2) is 0 Å². The van der Waals surface area contributed by atoms with Crippen molar-refractivity contribution >= 4 is 17.2 Å². The Morgan fingerprint density at radius 3 is 2.65 bits per heavy atom. The number of thiazole rings is 1. The van der Waals surface area contributed by atoms with Gasteiger partial charge in [-0.15, -0.1) is 11.3 Å². The SMILES string of the molecule is Cc1nc(C(=O)N2CCN([C@H]3CCC[C@H]3O)CC2)cs1. The van der Waals surface area contributed by atoms with Crippen molar-refractivity contribution in [1.82, 2.24) is 14.8 Å². The summed E-state index contributed by atoms with van der Waals surface area (Å²) in [7, 11) is 0. The summed E-state index contributed by atoms with van der Waals surface area (Å²) in [5.74, 6) is 0.0426. The Kier molecular flexibility index (Phi) is 4.05. The standard InChI is InChI=1S/C14H21N3O2S/c1-10-15-11(9-20-10)14(19)17-7-5-16(6-8-17)12-3-2-4-13(12)18/h9,12-13,18H,2-8H2,1H3/t12-,13+/m0/s1. The van der Waals surface area contributed by atoms with Crippen LogP contribution in [0.3, 0.4) is 0 Å². The van der Waals surface area contributed by atoms with Crippen LogP contribution in [0.1, 0.15) is 34.8 Å². The number of aliphatic hydroxyl groups excluding tert-OH is 1. The van der Waals surface area contributed by atoms with Crippen molar-refractivity contribution in [3.8, 4) is 0 Å². The number of piperazine rings is 1. The molecule has 20 heavy (non-hydrogen) atoms. The van der Waals surface area contributed by atoms with E-state index in [4.69, 9.17) is 0 Å². The van der Waals surface area contributed by atoms with Gasteiger partial charge < -0.3 is 10.0 Å². The Balaban J connectivity index is 1.57. The minimum absolute atomic E-state index is 0.0426. The molecule has 0 radical (unpaired) electrons. The predicted octanol–water partition coefficient (Wildman–Crippen LogP) is 1.12. The molecular formula is C14H21N3O2S. The number of hydrogen-bond acceptors (Lipinski definition) is 5. The molecule has 0 spiro atoms. The molecule has 5 nitrogen and oxygen atoms in total. The van der Waals surface area contributed by atoms with Gasteiger partial charge in [0, 0.05) is 37.6 Å². The van der Waals surface area contributed by atoms with Crippen LogP contribution in [0.5, 0.6) is 0 Å². The molecule has 2 aliphatic rings. The second kappa shape index (κ2) is 5.79. The summed E-state index contributed by atoms with van der Waals surface area (Å²) in [6.45, 7) is 5.10. The molecule has 3 rings (SSSR count). The fourth-order valence-electron chi connectivity index (χ4n) is 3.23. The second-order valence-electron chi connectivity index (χ2n) is 5.65. The summed E-state index contributed by atoms with van der Waals surface area (Å²) in [6.07, 6.45) is 2.93. The van der Waals surface area contributed by atoms with Crippen LogP contribution in [0, 0.1) is 6.92 Å². The largest absolute Gasteiger partial charge is 0.391 e. The third-order valence-corrected chi connectivity index (χ3v) is 5.13. The maximum absolute atomic E-state index is 12.3. The lowest BCUT2D eigenvalue weighted by Gasteiger charge is -2.38. The number of carbonyl (C=O) groups excluding carboxylic acids is 1. The highest BCUT2D eigenvalue weighted by atomic mass is 32.1. The molecule has 1 aliphatic carbocycles. The highest BCUT2D eigenvalue weighted by molar-refractivity contribution is 7.09. The van der Waals surface area contributed by atoms with Gasteiger partial charge in [-0.05, 0) is 26.2 Å². The minimum atomic E-state index is -0.182. The monoisotopic (exact) mass is 295 g/mol. The molecule has 1 aromatic heterocycles. The molecule has 1 saturated carbocycles. The van der Waals surface area contributed by atoms with Crippen LogP contribution in [0.4, 0.5) is 0 Å². The van der Waals surface area contributed by atoms with Gasteiger partial charge in [-0.1, -0.05) is 0 Å². The second-order valence-corrected chi connectivity index (χ2v) is 6.71. The van der Waals surface area contributed by atoms with E-state index >= 15 is 0 Å². The molecule has 1 saturated heterocycles. The molecule has 1 aromatic rings. The Labute approximate surface area is 123 Å². The van der Waals surface area contributed by atoms with Crippen LogP contribution in [0.15, 0.2) is 5.38 Å². The van der Waals surface area contributed by atoms with Gasteiger partial charge in [0.25, 0.3) is 5.91 Å². The van der Waals surface area contributed by atoms with E-state index in [0.29, 0.717) is 11.7 Å². The topological polar surface area (TPSA) is 56.7 Å². The number of amides is 1. The molecule has 0 unspecified atom stereocenters. The highest BCUT2D eigenvalue weighted by Gasteiger charge is 2.33. The molecular weight excluding hydrogens is 274 g/mol. The molecule has 110 valence electrons. The van der Waals surface area contributed by atoms with Gasteiger partial charge >= 0.3 is 0 Å². The average Bonchev–Trinajstić information content (AvgIpc) is 3.07. The first kappa shape index (κ1) is 14.0. The van der Waals surface area contributed by atoms with E-state index in [1.165, 1.54) is 11.3 Å². The smallest absolute Gasteiger partial charge is 0.273 e. The van der Waals surface area contributed by atoms with Crippen LogP contribution in [-0.2, 0) is 0 Å². The van der Waals surface area contributed by atoms with Crippen LogP contribution < -0.4 is 0 Å². The van der Waals surface area contributed by atoms with Crippen LogP contribution in [-0.4, -0.2) is 64.1 Å². The number of aliphatic hydroxyl groups is 1. The third-order valence-electron chi connectivity index (χ3n) is 4.35. The first-order chi connectivity index (χ1) is 9.65. The summed E-state index contributed by atoms with van der Waals surface area (Å²) in [4.78, 5) is 20.8. The molecule has 1 N–H and O–H groups in total. The zero-order chi connectivity index (χ0) is 14.1. The average molecular weight is 295 g/mol. The van der Waals surface area contributed by atoms with Crippen LogP contribution in [0.2, 0.25) is 0 Å². The van der Waals surface area contributed by atoms with Gasteiger partial charge in [-0.3, -0.25) is 9.69 Å². The first-order valence-corrected chi connectivity index (χ1v) is 8.16. The van der Waals surface area contributed by atoms with Gasteiger partial charge in [-0.25, -0.2) is 4.98 Å². The van der Waals surface area contributed by atoms with Gasteiger partial charge in [-0.2, -0.15) is 0 Å². The molecule has 1 aliphatic heterocycles. The molecule has 2 fully saturated rings. The fraction of sp³-hybridized carbons (Fsp3) is 0.714. The maximum Gasteiger partial charge on any atom is 0.273 e. The lowest BCUT2D eigenvalue weighted by molar-refractivity contribution is 0.0313. The van der Waals surface area contributed by atoms with E-state index in [1.54, 1.807) is 0 Å². The van der Waals surface area contributed by atoms with Crippen molar-refractivity contribution in [3.63, 3.8) is 0 Å². The quantitative estimate of drug-likeness (QED) is 0.888. The van der Waals surface area contributed by atoms with E-state index in [2.05, 4.69) is 9.88 Å². The number of aryl methyl sites for hydroxylation is 1. The molecule has 0 bridgehead atoms. The lowest BCUT2D eigenvalue weighted by Crippen LogP contribution is -2.53. The summed E-state index contributed by atoms with van der Waals surface area (Å²) in [5, 5.41) is 12.7. The summed E-state index contributed by atoms with van der Waals surface area (Å²) < 4.78 is 0. The van der Waals surface area contributed by atoms with E-state index < -0.39 is 0 Å². The fourth-order valence-corrected chi connectivity index (χ4v) is 3.81. The Morgan fingerprint density at radius 2 is 2.10 bits per heavy atom. The predicted molar refractivity (Wildman–Crippen MR) is 78.0 cm³/mol. The molecule has 1 amide bonds. The van der Waals surface area contributed by atoms with Crippen molar-refractivity contribution in [2.45, 2.75) is 38.3 Å². The van der Waals surface area contributed by atoms with Gasteiger partial charge in [0.2, 0.25) is 0 Å². The maximum atomic E-state index is 12.3. The normalized spacial score (nSPS) is 28.0. The highest BCUT2D eigenvalue weighted by Crippen LogP contribution is 2.25. The van der Waals surface area contributed by atoms with E-state index in [1.807, 2.05) is 17.2 Å². The van der Waals surface area contributed by atoms with Crippen LogP contribution in [0.25, 0.3) is 0 Å². The number of rotatable bonds is 2. The van der Waals surface area contributed by atoms with Crippen LogP contribution >= 0.6 is 11.3 Å². The van der Waals surface area contributed by atoms with E-state index in [9.17, 15) is 9.90 Å². The molecule has 6 heteroatoms. The molecule has 2 atom stereocenters. The van der Waals surface area contributed by atoms with E-state index in [0.717, 1.165) is 50.4 Å². The van der Waals surface area contributed by atoms with Gasteiger partial charge in [0.05, 0.1) is 11.1 Å². The molecule has 0 aromatic carbocycles. The summed E-state index contributed by atoms with van der Waals surface area (Å²) in [6, 6.07) is 0.300. The number of aromatic nitrogens is 1. The van der Waals surface area contributed by atoms with Crippen molar-refractivity contribution in [1.29, 1.82) is 0 Å². The Morgan fingerprint density at radius 1 is 1.35 bits per heavy atom. The van der Waals surface area contributed by atoms with Crippen molar-refractivity contribution in [2.24, 2.45) is 0 Å².